The van der Waals surface area contributed by atoms with Gasteiger partial charge in [0.15, 0.2) is 0 Å². The van der Waals surface area contributed by atoms with Crippen LogP contribution in [0.15, 0.2) is 16.8 Å². The molecule has 1 atom stereocenters. The molecule has 0 amide bonds. The highest BCUT2D eigenvalue weighted by molar-refractivity contribution is 7.87. The summed E-state index contributed by atoms with van der Waals surface area (Å²) in [4.78, 5) is 0. The Morgan fingerprint density at radius 1 is 1.33 bits per heavy atom. The van der Waals surface area contributed by atoms with Crippen LogP contribution in [0.25, 0.3) is 0 Å². The largest absolute Gasteiger partial charge is 0.314 e. The molecule has 0 aliphatic carbocycles. The lowest BCUT2D eigenvalue weighted by Crippen LogP contribution is -2.44. The van der Waals surface area contributed by atoms with Crippen molar-refractivity contribution >= 4 is 21.5 Å². The van der Waals surface area contributed by atoms with Gasteiger partial charge < -0.3 is 5.32 Å². The smallest absolute Gasteiger partial charge is 0.279 e. The van der Waals surface area contributed by atoms with Crippen molar-refractivity contribution < 1.29 is 8.42 Å². The first-order valence-corrected chi connectivity index (χ1v) is 9.67. The molecule has 0 saturated heterocycles. The van der Waals surface area contributed by atoms with Gasteiger partial charge in [-0.1, -0.05) is 13.8 Å². The molecule has 1 heterocycles. The summed E-state index contributed by atoms with van der Waals surface area (Å²) in [6.07, 6.45) is 1.51. The van der Waals surface area contributed by atoms with Gasteiger partial charge in [0.25, 0.3) is 10.2 Å². The summed E-state index contributed by atoms with van der Waals surface area (Å²) in [7, 11) is -1.78. The third-order valence-corrected chi connectivity index (χ3v) is 5.52. The highest BCUT2D eigenvalue weighted by Crippen LogP contribution is 2.09. The van der Waals surface area contributed by atoms with Crippen molar-refractivity contribution in [2.24, 2.45) is 0 Å². The Kier molecular flexibility index (Phi) is 7.83. The third-order valence-electron chi connectivity index (χ3n) is 3.08. The van der Waals surface area contributed by atoms with Gasteiger partial charge in [0.05, 0.1) is 0 Å². The van der Waals surface area contributed by atoms with E-state index >= 15 is 0 Å². The quantitative estimate of drug-likeness (QED) is 0.642. The highest BCUT2D eigenvalue weighted by Gasteiger charge is 2.19. The van der Waals surface area contributed by atoms with Gasteiger partial charge in [0.1, 0.15) is 0 Å². The predicted octanol–water partition coefficient (Wildman–Crippen LogP) is 1.83. The van der Waals surface area contributed by atoms with Gasteiger partial charge in [-0.25, -0.2) is 0 Å². The molecule has 1 aromatic heterocycles. The molecule has 0 fully saturated rings. The van der Waals surface area contributed by atoms with Gasteiger partial charge in [-0.05, 0) is 48.7 Å². The molecule has 0 saturated carbocycles. The van der Waals surface area contributed by atoms with E-state index in [1.165, 1.54) is 9.87 Å². The predicted molar refractivity (Wildman–Crippen MR) is 89.9 cm³/mol. The van der Waals surface area contributed by atoms with Gasteiger partial charge in [-0.2, -0.15) is 28.8 Å². The lowest BCUT2D eigenvalue weighted by Gasteiger charge is -2.21. The Hall–Kier alpha value is -0.470. The summed E-state index contributed by atoms with van der Waals surface area (Å²) >= 11 is 1.63. The van der Waals surface area contributed by atoms with E-state index in [0.29, 0.717) is 19.0 Å². The third kappa shape index (κ3) is 7.37. The molecule has 0 aliphatic rings. The molecule has 0 aliphatic heterocycles. The van der Waals surface area contributed by atoms with Crippen LogP contribution < -0.4 is 10.0 Å². The van der Waals surface area contributed by atoms with Crippen LogP contribution in [0.4, 0.5) is 0 Å². The van der Waals surface area contributed by atoms with Crippen LogP contribution in [0.1, 0.15) is 32.8 Å². The SMILES string of the molecule is CC(C)NCCCN(C)S(=O)(=O)NC(C)Cc1ccsc1. The molecule has 0 radical (unpaired) electrons. The summed E-state index contributed by atoms with van der Waals surface area (Å²) in [6.45, 7) is 7.38. The zero-order valence-electron chi connectivity index (χ0n) is 13.3. The average Bonchev–Trinajstić information content (AvgIpc) is 2.85. The summed E-state index contributed by atoms with van der Waals surface area (Å²) in [6, 6.07) is 2.34. The van der Waals surface area contributed by atoms with Gasteiger partial charge in [0.2, 0.25) is 0 Å². The molecular formula is C14H27N3O2S2. The number of hydrogen-bond donors (Lipinski definition) is 2. The van der Waals surface area contributed by atoms with Crippen LogP contribution in [0.3, 0.4) is 0 Å². The first-order chi connectivity index (χ1) is 9.81. The minimum Gasteiger partial charge on any atom is -0.314 e. The molecule has 1 aromatic rings. The Labute approximate surface area is 132 Å². The molecule has 0 bridgehead atoms. The van der Waals surface area contributed by atoms with Crippen molar-refractivity contribution in [3.63, 3.8) is 0 Å². The average molecular weight is 334 g/mol. The van der Waals surface area contributed by atoms with Crippen molar-refractivity contribution in [2.45, 2.75) is 45.7 Å². The van der Waals surface area contributed by atoms with Gasteiger partial charge >= 0.3 is 0 Å². The highest BCUT2D eigenvalue weighted by atomic mass is 32.2. The van der Waals surface area contributed by atoms with Gasteiger partial charge in [-0.3, -0.25) is 0 Å². The second-order valence-corrected chi connectivity index (χ2v) is 8.23. The molecule has 0 aromatic carbocycles. The summed E-state index contributed by atoms with van der Waals surface area (Å²) in [5, 5.41) is 7.33. The van der Waals surface area contributed by atoms with E-state index in [-0.39, 0.29) is 6.04 Å². The zero-order valence-corrected chi connectivity index (χ0v) is 14.9. The normalized spacial score (nSPS) is 14.0. The van der Waals surface area contributed by atoms with Crippen LogP contribution in [-0.2, 0) is 16.6 Å². The van der Waals surface area contributed by atoms with E-state index in [1.807, 2.05) is 23.8 Å². The van der Waals surface area contributed by atoms with Crippen LogP contribution in [0.5, 0.6) is 0 Å². The maximum atomic E-state index is 12.2. The fourth-order valence-corrected chi connectivity index (χ4v) is 3.78. The Morgan fingerprint density at radius 3 is 2.62 bits per heavy atom. The fourth-order valence-electron chi connectivity index (χ4n) is 1.96. The molecule has 7 heteroatoms. The number of nitrogens with zero attached hydrogens (tertiary/aromatic N) is 1. The molecule has 0 spiro atoms. The summed E-state index contributed by atoms with van der Waals surface area (Å²) in [5.41, 5.74) is 1.17. The van der Waals surface area contributed by atoms with Crippen LogP contribution in [0, 0.1) is 0 Å². The first kappa shape index (κ1) is 18.6. The Balaban J connectivity index is 2.37. The molecular weight excluding hydrogens is 306 g/mol. The van der Waals surface area contributed by atoms with E-state index < -0.39 is 10.2 Å². The minimum absolute atomic E-state index is 0.110. The van der Waals surface area contributed by atoms with Crippen LogP contribution in [0.2, 0.25) is 0 Å². The van der Waals surface area contributed by atoms with E-state index in [4.69, 9.17) is 0 Å². The van der Waals surface area contributed by atoms with Crippen LogP contribution >= 0.6 is 11.3 Å². The van der Waals surface area contributed by atoms with Crippen molar-refractivity contribution in [3.8, 4) is 0 Å². The maximum Gasteiger partial charge on any atom is 0.279 e. The van der Waals surface area contributed by atoms with Crippen molar-refractivity contribution in [1.29, 1.82) is 0 Å². The maximum absolute atomic E-state index is 12.2. The Bertz CT molecular complexity index is 486. The Morgan fingerprint density at radius 2 is 2.05 bits per heavy atom. The number of rotatable bonds is 10. The van der Waals surface area contributed by atoms with E-state index in [9.17, 15) is 8.42 Å². The van der Waals surface area contributed by atoms with E-state index in [2.05, 4.69) is 23.9 Å². The summed E-state index contributed by atoms with van der Waals surface area (Å²) in [5.74, 6) is 0. The first-order valence-electron chi connectivity index (χ1n) is 7.29. The molecule has 5 nitrogen and oxygen atoms in total. The fraction of sp³-hybridized carbons (Fsp3) is 0.714. The number of thiophene rings is 1. The van der Waals surface area contributed by atoms with E-state index in [0.717, 1.165) is 13.0 Å². The zero-order chi connectivity index (χ0) is 15.9. The summed E-state index contributed by atoms with van der Waals surface area (Å²) < 4.78 is 28.5. The van der Waals surface area contributed by atoms with Crippen molar-refractivity contribution in [1.82, 2.24) is 14.3 Å². The second kappa shape index (κ2) is 8.85. The second-order valence-electron chi connectivity index (χ2n) is 5.64. The number of nitrogens with one attached hydrogen (secondary N) is 2. The standard InChI is InChI=1S/C14H27N3O2S2/c1-12(2)15-7-5-8-17(4)21(18,19)16-13(3)10-14-6-9-20-11-14/h6,9,11-13,15-16H,5,7-8,10H2,1-4H3. The lowest BCUT2D eigenvalue weighted by molar-refractivity contribution is 0.432. The lowest BCUT2D eigenvalue weighted by atomic mass is 10.1. The minimum atomic E-state index is -3.40. The van der Waals surface area contributed by atoms with Crippen molar-refractivity contribution in [2.75, 3.05) is 20.1 Å². The van der Waals surface area contributed by atoms with Crippen molar-refractivity contribution in [3.05, 3.63) is 22.4 Å². The van der Waals surface area contributed by atoms with Gasteiger partial charge in [-0.15, -0.1) is 0 Å². The number of hydrogen-bond acceptors (Lipinski definition) is 4. The molecule has 1 rings (SSSR count). The van der Waals surface area contributed by atoms with E-state index in [1.54, 1.807) is 18.4 Å². The van der Waals surface area contributed by atoms with Crippen LogP contribution in [-0.4, -0.2) is 44.9 Å². The molecule has 122 valence electrons. The molecule has 21 heavy (non-hydrogen) atoms. The van der Waals surface area contributed by atoms with Gasteiger partial charge in [0, 0.05) is 25.7 Å². The monoisotopic (exact) mass is 333 g/mol. The topological polar surface area (TPSA) is 61.4 Å². The molecule has 1 unspecified atom stereocenters. The molecule has 2 N–H and O–H groups in total.